The standard InChI is InChI=1S/C24H37N3O4S/c1-17-16-18(2)20(4)23(19(17)3)32(30,31)27-14-9-21(10-15-27)24(29)25-11-8-22(28)26-12-6-5-7-13-26/h16,21H,5-15H2,1-4H3,(H,25,29). The van der Waals surface area contributed by atoms with Gasteiger partial charge in [-0.05, 0) is 82.1 Å². The molecule has 0 aliphatic carbocycles. The van der Waals surface area contributed by atoms with Crippen molar-refractivity contribution in [3.05, 3.63) is 28.3 Å². The molecular formula is C24H37N3O4S. The van der Waals surface area contributed by atoms with E-state index in [1.165, 1.54) is 10.7 Å². The maximum absolute atomic E-state index is 13.4. The molecule has 8 heteroatoms. The molecule has 2 aliphatic heterocycles. The smallest absolute Gasteiger partial charge is 0.243 e. The molecule has 2 fully saturated rings. The second-order valence-corrected chi connectivity index (χ2v) is 11.1. The Bertz CT molecular complexity index is 934. The fourth-order valence-electron chi connectivity index (χ4n) is 4.79. The molecule has 178 valence electrons. The number of likely N-dealkylation sites (tertiary alicyclic amines) is 1. The van der Waals surface area contributed by atoms with Crippen molar-refractivity contribution in [2.75, 3.05) is 32.7 Å². The zero-order chi connectivity index (χ0) is 23.5. The van der Waals surface area contributed by atoms with Gasteiger partial charge < -0.3 is 10.2 Å². The highest BCUT2D eigenvalue weighted by Crippen LogP contribution is 2.31. The molecule has 2 heterocycles. The molecule has 2 aliphatic rings. The van der Waals surface area contributed by atoms with Crippen molar-refractivity contribution in [2.24, 2.45) is 5.92 Å². The molecule has 32 heavy (non-hydrogen) atoms. The van der Waals surface area contributed by atoms with Gasteiger partial charge in [0, 0.05) is 45.1 Å². The molecule has 0 saturated carbocycles. The maximum atomic E-state index is 13.4. The van der Waals surface area contributed by atoms with E-state index in [2.05, 4.69) is 5.32 Å². The number of carbonyl (C=O) groups is 2. The third-order valence-electron chi connectivity index (χ3n) is 7.07. The number of piperidine rings is 2. The second-order valence-electron chi connectivity index (χ2n) is 9.25. The summed E-state index contributed by atoms with van der Waals surface area (Å²) >= 11 is 0. The van der Waals surface area contributed by atoms with Gasteiger partial charge in [-0.25, -0.2) is 8.42 Å². The van der Waals surface area contributed by atoms with Crippen LogP contribution in [0.15, 0.2) is 11.0 Å². The van der Waals surface area contributed by atoms with Gasteiger partial charge in [-0.1, -0.05) is 6.07 Å². The van der Waals surface area contributed by atoms with Gasteiger partial charge in [-0.3, -0.25) is 9.59 Å². The van der Waals surface area contributed by atoms with E-state index in [1.807, 2.05) is 38.7 Å². The fourth-order valence-corrected chi connectivity index (χ4v) is 6.84. The molecule has 3 rings (SSSR count). The Morgan fingerprint density at radius 3 is 2.06 bits per heavy atom. The van der Waals surface area contributed by atoms with Crippen molar-refractivity contribution in [3.8, 4) is 0 Å². The molecule has 0 aromatic heterocycles. The number of nitrogens with zero attached hydrogens (tertiary/aromatic N) is 2. The van der Waals surface area contributed by atoms with Crippen LogP contribution in [0, 0.1) is 33.6 Å². The number of sulfonamides is 1. The summed E-state index contributed by atoms with van der Waals surface area (Å²) in [4.78, 5) is 27.1. The normalized spacial score (nSPS) is 18.6. The minimum atomic E-state index is -3.61. The van der Waals surface area contributed by atoms with Crippen molar-refractivity contribution >= 4 is 21.8 Å². The summed E-state index contributed by atoms with van der Waals surface area (Å²) in [7, 11) is -3.61. The second kappa shape index (κ2) is 10.3. The maximum Gasteiger partial charge on any atom is 0.243 e. The number of hydrogen-bond donors (Lipinski definition) is 1. The lowest BCUT2D eigenvalue weighted by atomic mass is 9.97. The summed E-state index contributed by atoms with van der Waals surface area (Å²) in [5.74, 6) is -0.190. The zero-order valence-corrected chi connectivity index (χ0v) is 20.7. The quantitative estimate of drug-likeness (QED) is 0.703. The van der Waals surface area contributed by atoms with Crippen LogP contribution in [0.1, 0.15) is 60.8 Å². The lowest BCUT2D eigenvalue weighted by Crippen LogP contribution is -2.44. The van der Waals surface area contributed by atoms with Crippen LogP contribution in [-0.2, 0) is 19.6 Å². The van der Waals surface area contributed by atoms with Gasteiger partial charge in [0.15, 0.2) is 0 Å². The molecule has 2 saturated heterocycles. The van der Waals surface area contributed by atoms with Crippen LogP contribution < -0.4 is 5.32 Å². The molecule has 1 aromatic carbocycles. The summed E-state index contributed by atoms with van der Waals surface area (Å²) in [6.45, 7) is 10.2. The zero-order valence-electron chi connectivity index (χ0n) is 19.9. The number of nitrogens with one attached hydrogen (secondary N) is 1. The Morgan fingerprint density at radius 2 is 1.50 bits per heavy atom. The predicted molar refractivity (Wildman–Crippen MR) is 125 cm³/mol. The highest BCUT2D eigenvalue weighted by Gasteiger charge is 2.34. The van der Waals surface area contributed by atoms with Crippen molar-refractivity contribution in [1.82, 2.24) is 14.5 Å². The monoisotopic (exact) mass is 463 g/mol. The average molecular weight is 464 g/mol. The van der Waals surface area contributed by atoms with Gasteiger partial charge in [-0.15, -0.1) is 0 Å². The van der Waals surface area contributed by atoms with E-state index in [0.717, 1.165) is 48.2 Å². The average Bonchev–Trinajstić information content (AvgIpc) is 2.78. The molecule has 1 aromatic rings. The number of carbonyl (C=O) groups excluding carboxylic acids is 2. The van der Waals surface area contributed by atoms with Gasteiger partial charge >= 0.3 is 0 Å². The number of amides is 2. The van der Waals surface area contributed by atoms with Gasteiger partial charge in [0.1, 0.15) is 0 Å². The van der Waals surface area contributed by atoms with E-state index in [9.17, 15) is 18.0 Å². The van der Waals surface area contributed by atoms with E-state index < -0.39 is 10.0 Å². The predicted octanol–water partition coefficient (Wildman–Crippen LogP) is 2.84. The van der Waals surface area contributed by atoms with E-state index >= 15 is 0 Å². The first-order valence-corrected chi connectivity index (χ1v) is 13.2. The molecule has 2 amide bonds. The molecule has 0 spiro atoms. The SMILES string of the molecule is Cc1cc(C)c(C)c(S(=O)(=O)N2CCC(C(=O)NCCC(=O)N3CCCCC3)CC2)c1C. The van der Waals surface area contributed by atoms with Crippen molar-refractivity contribution in [3.63, 3.8) is 0 Å². The van der Waals surface area contributed by atoms with Crippen LogP contribution in [0.5, 0.6) is 0 Å². The van der Waals surface area contributed by atoms with Crippen LogP contribution in [0.3, 0.4) is 0 Å². The number of benzene rings is 1. The van der Waals surface area contributed by atoms with Gasteiger partial charge in [0.05, 0.1) is 4.90 Å². The molecule has 1 N–H and O–H groups in total. The van der Waals surface area contributed by atoms with Gasteiger partial charge in [-0.2, -0.15) is 4.31 Å². The molecule has 0 atom stereocenters. The minimum Gasteiger partial charge on any atom is -0.355 e. The molecular weight excluding hydrogens is 426 g/mol. The first-order valence-electron chi connectivity index (χ1n) is 11.8. The van der Waals surface area contributed by atoms with Gasteiger partial charge in [0.2, 0.25) is 21.8 Å². The largest absolute Gasteiger partial charge is 0.355 e. The topological polar surface area (TPSA) is 86.8 Å². The lowest BCUT2D eigenvalue weighted by molar-refractivity contribution is -0.132. The van der Waals surface area contributed by atoms with E-state index in [4.69, 9.17) is 0 Å². The summed E-state index contributed by atoms with van der Waals surface area (Å²) in [5, 5.41) is 2.89. The lowest BCUT2D eigenvalue weighted by Gasteiger charge is -2.32. The molecule has 0 unspecified atom stereocenters. The first-order chi connectivity index (χ1) is 15.1. The third kappa shape index (κ3) is 5.34. The van der Waals surface area contributed by atoms with Crippen LogP contribution in [-0.4, -0.2) is 62.2 Å². The van der Waals surface area contributed by atoms with E-state index in [0.29, 0.717) is 43.8 Å². The fraction of sp³-hybridized carbons (Fsp3) is 0.667. The number of hydrogen-bond acceptors (Lipinski definition) is 4. The number of rotatable bonds is 6. The van der Waals surface area contributed by atoms with E-state index in [-0.39, 0.29) is 17.7 Å². The molecule has 0 bridgehead atoms. The van der Waals surface area contributed by atoms with Crippen LogP contribution in [0.25, 0.3) is 0 Å². The van der Waals surface area contributed by atoms with Gasteiger partial charge in [0.25, 0.3) is 0 Å². The van der Waals surface area contributed by atoms with Crippen LogP contribution >= 0.6 is 0 Å². The van der Waals surface area contributed by atoms with E-state index in [1.54, 1.807) is 0 Å². The number of aryl methyl sites for hydroxylation is 2. The van der Waals surface area contributed by atoms with Crippen molar-refractivity contribution in [2.45, 2.75) is 71.1 Å². The Kier molecular flexibility index (Phi) is 7.98. The van der Waals surface area contributed by atoms with Crippen molar-refractivity contribution in [1.29, 1.82) is 0 Å². The molecule has 0 radical (unpaired) electrons. The summed E-state index contributed by atoms with van der Waals surface area (Å²) in [6.07, 6.45) is 4.60. The highest BCUT2D eigenvalue weighted by atomic mass is 32.2. The summed E-state index contributed by atoms with van der Waals surface area (Å²) in [5.41, 5.74) is 3.54. The van der Waals surface area contributed by atoms with Crippen molar-refractivity contribution < 1.29 is 18.0 Å². The Labute approximate surface area is 192 Å². The summed E-state index contributed by atoms with van der Waals surface area (Å²) in [6, 6.07) is 2.02. The Hall–Kier alpha value is -1.93. The van der Waals surface area contributed by atoms with Crippen LogP contribution in [0.2, 0.25) is 0 Å². The summed E-state index contributed by atoms with van der Waals surface area (Å²) < 4.78 is 28.3. The Morgan fingerprint density at radius 1 is 0.938 bits per heavy atom. The highest BCUT2D eigenvalue weighted by molar-refractivity contribution is 7.89. The minimum absolute atomic E-state index is 0.0766. The van der Waals surface area contributed by atoms with Crippen LogP contribution in [0.4, 0.5) is 0 Å². The Balaban J connectivity index is 1.53. The third-order valence-corrected chi connectivity index (χ3v) is 9.24. The molecule has 7 nitrogen and oxygen atoms in total. The first kappa shape index (κ1) is 24.7.